The van der Waals surface area contributed by atoms with Crippen LogP contribution in [0.1, 0.15) is 16.7 Å². The van der Waals surface area contributed by atoms with Crippen molar-refractivity contribution in [2.75, 3.05) is 0 Å². The van der Waals surface area contributed by atoms with E-state index in [2.05, 4.69) is 27.0 Å². The Labute approximate surface area is 191 Å². The third-order valence-corrected chi connectivity index (χ3v) is 5.64. The second kappa shape index (κ2) is 9.35. The fourth-order valence-electron chi connectivity index (χ4n) is 3.18. The van der Waals surface area contributed by atoms with Gasteiger partial charge in [-0.15, -0.1) is 11.3 Å². The standard InChI is InChI=1S/C24H18F3N5S/c1-15(17-3-2-10-29-13-17)20(16-4-6-18(7-5-16)24(25,26)27)12-23(32-28)31-19-8-9-21-22(11-19)33-14-30-21/h2-14H,1,28H2,(H,31,32)/b20-12+. The van der Waals surface area contributed by atoms with Gasteiger partial charge in [0.2, 0.25) is 0 Å². The average molecular weight is 466 g/mol. The number of nitrogens with one attached hydrogen (secondary N) is 1. The van der Waals surface area contributed by atoms with E-state index < -0.39 is 11.7 Å². The lowest BCUT2D eigenvalue weighted by atomic mass is 9.93. The molecule has 0 saturated carbocycles. The largest absolute Gasteiger partial charge is 0.416 e. The highest BCUT2D eigenvalue weighted by Crippen LogP contribution is 2.34. The molecular weight excluding hydrogens is 447 g/mol. The minimum Gasteiger partial charge on any atom is -0.308 e. The van der Waals surface area contributed by atoms with Crippen molar-refractivity contribution in [2.24, 2.45) is 10.8 Å². The van der Waals surface area contributed by atoms with Crippen LogP contribution >= 0.6 is 11.3 Å². The number of aromatic nitrogens is 2. The highest BCUT2D eigenvalue weighted by Gasteiger charge is 2.30. The fourth-order valence-corrected chi connectivity index (χ4v) is 3.89. The van der Waals surface area contributed by atoms with Gasteiger partial charge in [-0.25, -0.2) is 15.8 Å². The smallest absolute Gasteiger partial charge is 0.308 e. The number of thiazole rings is 1. The van der Waals surface area contributed by atoms with Crippen LogP contribution in [0.5, 0.6) is 0 Å². The van der Waals surface area contributed by atoms with Crippen molar-refractivity contribution in [3.63, 3.8) is 0 Å². The molecule has 0 aliphatic rings. The number of aliphatic imine (C=N–C) groups is 1. The van der Waals surface area contributed by atoms with Crippen molar-refractivity contribution >= 4 is 44.2 Å². The number of hydrogen-bond acceptors (Lipinski definition) is 5. The van der Waals surface area contributed by atoms with Crippen LogP contribution in [0.3, 0.4) is 0 Å². The molecule has 0 radical (unpaired) electrons. The minimum absolute atomic E-state index is 0.304. The molecule has 0 amide bonds. The predicted molar refractivity (Wildman–Crippen MR) is 127 cm³/mol. The summed E-state index contributed by atoms with van der Waals surface area (Å²) < 4.78 is 40.1. The Balaban J connectivity index is 1.79. The fraction of sp³-hybridized carbons (Fsp3) is 0.0417. The van der Waals surface area contributed by atoms with Crippen molar-refractivity contribution in [1.82, 2.24) is 15.4 Å². The lowest BCUT2D eigenvalue weighted by Crippen LogP contribution is -2.28. The van der Waals surface area contributed by atoms with Gasteiger partial charge in [0.15, 0.2) is 0 Å². The number of hydrogen-bond donors (Lipinski definition) is 2. The molecule has 0 fully saturated rings. The van der Waals surface area contributed by atoms with Crippen LogP contribution in [0.25, 0.3) is 21.4 Å². The first-order valence-electron chi connectivity index (χ1n) is 9.73. The molecule has 9 heteroatoms. The molecular formula is C24H18F3N5S. The number of alkyl halides is 3. The molecule has 0 bridgehead atoms. The summed E-state index contributed by atoms with van der Waals surface area (Å²) in [5.74, 6) is 6.04. The Morgan fingerprint density at radius 3 is 2.55 bits per heavy atom. The van der Waals surface area contributed by atoms with E-state index in [9.17, 15) is 13.2 Å². The molecule has 0 atom stereocenters. The highest BCUT2D eigenvalue weighted by molar-refractivity contribution is 7.16. The molecule has 2 aromatic heterocycles. The Bertz CT molecular complexity index is 1340. The number of halogens is 3. The van der Waals surface area contributed by atoms with Crippen molar-refractivity contribution in [1.29, 1.82) is 0 Å². The van der Waals surface area contributed by atoms with Gasteiger partial charge in [0.05, 0.1) is 27.0 Å². The summed E-state index contributed by atoms with van der Waals surface area (Å²) in [6.07, 6.45) is 0.477. The molecule has 0 aliphatic carbocycles. The number of fused-ring (bicyclic) bond motifs is 1. The molecule has 4 aromatic rings. The molecule has 0 saturated heterocycles. The molecule has 0 unspecified atom stereocenters. The van der Waals surface area contributed by atoms with Crippen LogP contribution in [-0.4, -0.2) is 15.8 Å². The van der Waals surface area contributed by atoms with Crippen molar-refractivity contribution < 1.29 is 13.2 Å². The van der Waals surface area contributed by atoms with Crippen LogP contribution in [0.15, 0.2) is 90.1 Å². The van der Waals surface area contributed by atoms with Crippen LogP contribution in [0, 0.1) is 0 Å². The summed E-state index contributed by atoms with van der Waals surface area (Å²) in [5, 5.41) is 0. The molecule has 2 aromatic carbocycles. The van der Waals surface area contributed by atoms with Crippen LogP contribution < -0.4 is 11.3 Å². The van der Waals surface area contributed by atoms with Gasteiger partial charge >= 0.3 is 6.18 Å². The molecule has 2 heterocycles. The predicted octanol–water partition coefficient (Wildman–Crippen LogP) is 6.00. The first kappa shape index (κ1) is 22.4. The van der Waals surface area contributed by atoms with Crippen LogP contribution in [-0.2, 0) is 6.18 Å². The first-order valence-corrected chi connectivity index (χ1v) is 10.6. The van der Waals surface area contributed by atoms with E-state index >= 15 is 0 Å². The maximum absolute atomic E-state index is 13.0. The number of hydrazine groups is 1. The Morgan fingerprint density at radius 1 is 1.09 bits per heavy atom. The van der Waals surface area contributed by atoms with E-state index in [1.165, 1.54) is 23.5 Å². The van der Waals surface area contributed by atoms with Crippen LogP contribution in [0.2, 0.25) is 0 Å². The number of pyridine rings is 1. The second-order valence-corrected chi connectivity index (χ2v) is 7.89. The van der Waals surface area contributed by atoms with Gasteiger partial charge in [-0.3, -0.25) is 4.98 Å². The topological polar surface area (TPSA) is 76.2 Å². The number of nitrogens with zero attached hydrogens (tertiary/aromatic N) is 3. The zero-order valence-electron chi connectivity index (χ0n) is 17.2. The van der Waals surface area contributed by atoms with E-state index in [0.29, 0.717) is 33.8 Å². The monoisotopic (exact) mass is 465 g/mol. The maximum atomic E-state index is 13.0. The third kappa shape index (κ3) is 5.16. The van der Waals surface area contributed by atoms with Gasteiger partial charge < -0.3 is 5.43 Å². The quantitative estimate of drug-likeness (QED) is 0.125. The normalized spacial score (nSPS) is 12.7. The lowest BCUT2D eigenvalue weighted by molar-refractivity contribution is -0.137. The lowest BCUT2D eigenvalue weighted by Gasteiger charge is -2.14. The Morgan fingerprint density at radius 2 is 1.88 bits per heavy atom. The highest BCUT2D eigenvalue weighted by atomic mass is 32.1. The number of nitrogens with two attached hydrogens (primary N) is 1. The summed E-state index contributed by atoms with van der Waals surface area (Å²) in [4.78, 5) is 12.9. The molecule has 4 rings (SSSR count). The number of amidine groups is 1. The summed E-state index contributed by atoms with van der Waals surface area (Å²) in [5.41, 5.74) is 7.44. The summed E-state index contributed by atoms with van der Waals surface area (Å²) in [6, 6.07) is 14.0. The SMILES string of the molecule is C=C(/C(=C\C(=Nc1ccc2ncsc2c1)NN)c1ccc(C(F)(F)F)cc1)c1cccnc1. The molecule has 33 heavy (non-hydrogen) atoms. The second-order valence-electron chi connectivity index (χ2n) is 7.00. The van der Waals surface area contributed by atoms with Crippen molar-refractivity contribution in [2.45, 2.75) is 6.18 Å². The number of benzene rings is 2. The molecule has 5 nitrogen and oxygen atoms in total. The van der Waals surface area contributed by atoms with E-state index in [0.717, 1.165) is 22.3 Å². The maximum Gasteiger partial charge on any atom is 0.416 e. The van der Waals surface area contributed by atoms with Gasteiger partial charge in [0.25, 0.3) is 0 Å². The zero-order chi connectivity index (χ0) is 23.4. The van der Waals surface area contributed by atoms with E-state index in [4.69, 9.17) is 5.84 Å². The van der Waals surface area contributed by atoms with Crippen molar-refractivity contribution in [3.8, 4) is 0 Å². The van der Waals surface area contributed by atoms with Crippen molar-refractivity contribution in [3.05, 3.63) is 102 Å². The summed E-state index contributed by atoms with van der Waals surface area (Å²) in [7, 11) is 0. The van der Waals surface area contributed by atoms with Gasteiger partial charge in [0.1, 0.15) is 5.84 Å². The van der Waals surface area contributed by atoms with Gasteiger partial charge in [0, 0.05) is 18.0 Å². The van der Waals surface area contributed by atoms with Gasteiger partial charge in [-0.05, 0) is 59.2 Å². The van der Waals surface area contributed by atoms with E-state index in [1.54, 1.807) is 36.1 Å². The van der Waals surface area contributed by atoms with E-state index in [1.807, 2.05) is 18.2 Å². The zero-order valence-corrected chi connectivity index (χ0v) is 18.0. The summed E-state index contributed by atoms with van der Waals surface area (Å²) >= 11 is 1.49. The Hall–Kier alpha value is -3.82. The molecule has 0 aliphatic heterocycles. The minimum atomic E-state index is -4.43. The number of rotatable bonds is 5. The van der Waals surface area contributed by atoms with Gasteiger partial charge in [-0.1, -0.05) is 24.8 Å². The Kier molecular flexibility index (Phi) is 6.34. The van der Waals surface area contributed by atoms with Gasteiger partial charge in [-0.2, -0.15) is 13.2 Å². The first-order chi connectivity index (χ1) is 15.8. The third-order valence-electron chi connectivity index (χ3n) is 4.85. The number of allylic oxidation sites excluding steroid dienone is 2. The van der Waals surface area contributed by atoms with E-state index in [-0.39, 0.29) is 0 Å². The molecule has 166 valence electrons. The molecule has 0 spiro atoms. The van der Waals surface area contributed by atoms with Crippen LogP contribution in [0.4, 0.5) is 18.9 Å². The average Bonchev–Trinajstić information content (AvgIpc) is 3.29. The summed E-state index contributed by atoms with van der Waals surface area (Å²) in [6.45, 7) is 4.14. The molecule has 3 N–H and O–H groups in total.